The van der Waals surface area contributed by atoms with Crippen LogP contribution < -0.4 is 0 Å². The molecule has 1 aromatic rings. The quantitative estimate of drug-likeness (QED) is 0.736. The van der Waals surface area contributed by atoms with Gasteiger partial charge in [-0.3, -0.25) is 4.90 Å². The van der Waals surface area contributed by atoms with Crippen molar-refractivity contribution in [1.29, 1.82) is 0 Å². The van der Waals surface area contributed by atoms with E-state index in [9.17, 15) is 0 Å². The van der Waals surface area contributed by atoms with Gasteiger partial charge in [0.05, 0.1) is 0 Å². The van der Waals surface area contributed by atoms with E-state index in [1.54, 1.807) is 0 Å². The second kappa shape index (κ2) is 5.10. The molecule has 0 aromatic carbocycles. The van der Waals surface area contributed by atoms with Crippen LogP contribution >= 0.6 is 43.2 Å². The zero-order valence-corrected chi connectivity index (χ0v) is 11.9. The van der Waals surface area contributed by atoms with Crippen molar-refractivity contribution in [2.24, 2.45) is 0 Å². The van der Waals surface area contributed by atoms with Crippen LogP contribution in [0.4, 0.5) is 0 Å². The van der Waals surface area contributed by atoms with Gasteiger partial charge in [-0.1, -0.05) is 15.9 Å². The van der Waals surface area contributed by atoms with Gasteiger partial charge >= 0.3 is 0 Å². The molecule has 14 heavy (non-hydrogen) atoms. The van der Waals surface area contributed by atoms with E-state index in [1.807, 2.05) is 11.3 Å². The van der Waals surface area contributed by atoms with Crippen molar-refractivity contribution in [3.05, 3.63) is 20.8 Å². The molecular formula is C10H13Br2NS. The van der Waals surface area contributed by atoms with Crippen LogP contribution in [0.25, 0.3) is 0 Å². The van der Waals surface area contributed by atoms with Crippen LogP contribution in [0.5, 0.6) is 0 Å². The molecule has 0 spiro atoms. The van der Waals surface area contributed by atoms with Crippen molar-refractivity contribution in [2.45, 2.75) is 25.4 Å². The molecule has 1 fully saturated rings. The fourth-order valence-electron chi connectivity index (χ4n) is 1.56. The van der Waals surface area contributed by atoms with Crippen LogP contribution in [0.15, 0.2) is 15.9 Å². The molecule has 1 aliphatic rings. The minimum atomic E-state index is 0.849. The van der Waals surface area contributed by atoms with Gasteiger partial charge in [-0.05, 0) is 40.2 Å². The van der Waals surface area contributed by atoms with Crippen LogP contribution in [0, 0.1) is 0 Å². The lowest BCUT2D eigenvalue weighted by Crippen LogP contribution is -2.27. The van der Waals surface area contributed by atoms with E-state index in [1.165, 1.54) is 22.2 Å². The molecule has 2 rings (SSSR count). The first-order valence-corrected chi connectivity index (χ1v) is 7.62. The van der Waals surface area contributed by atoms with Gasteiger partial charge in [-0.15, -0.1) is 11.3 Å². The van der Waals surface area contributed by atoms with Crippen molar-refractivity contribution < 1.29 is 0 Å². The van der Waals surface area contributed by atoms with Gasteiger partial charge in [0, 0.05) is 33.8 Å². The fraction of sp³-hybridized carbons (Fsp3) is 0.600. The molecular weight excluding hydrogens is 326 g/mol. The monoisotopic (exact) mass is 337 g/mol. The number of rotatable bonds is 5. The Morgan fingerprint density at radius 3 is 2.79 bits per heavy atom. The smallest absolute Gasteiger partial charge is 0.0342 e. The summed E-state index contributed by atoms with van der Waals surface area (Å²) in [5, 5.41) is 3.23. The number of halogens is 2. The maximum atomic E-state index is 3.59. The van der Waals surface area contributed by atoms with E-state index in [2.05, 4.69) is 48.2 Å². The Morgan fingerprint density at radius 1 is 1.50 bits per heavy atom. The summed E-state index contributed by atoms with van der Waals surface area (Å²) in [5.41, 5.74) is 0. The number of thiophene rings is 1. The van der Waals surface area contributed by atoms with Crippen LogP contribution in [0.3, 0.4) is 0 Å². The molecule has 0 aliphatic heterocycles. The van der Waals surface area contributed by atoms with Crippen molar-refractivity contribution in [3.63, 3.8) is 0 Å². The average molecular weight is 339 g/mol. The molecule has 1 saturated carbocycles. The second-order valence-corrected chi connectivity index (χ2v) is 6.23. The van der Waals surface area contributed by atoms with Crippen molar-refractivity contribution in [3.8, 4) is 0 Å². The highest BCUT2D eigenvalue weighted by Crippen LogP contribution is 2.31. The van der Waals surface area contributed by atoms with Crippen LogP contribution in [-0.2, 0) is 6.54 Å². The SMILES string of the molecule is BrCCN(Cc1sccc1Br)C1CC1. The predicted octanol–water partition coefficient (Wildman–Crippen LogP) is 3.87. The number of nitrogens with zero attached hydrogens (tertiary/aromatic N) is 1. The fourth-order valence-corrected chi connectivity index (χ4v) is 3.52. The molecule has 0 atom stereocenters. The highest BCUT2D eigenvalue weighted by Gasteiger charge is 2.28. The molecule has 1 aromatic heterocycles. The third-order valence-corrected chi connectivity index (χ3v) is 4.74. The summed E-state index contributed by atoms with van der Waals surface area (Å²) in [6.07, 6.45) is 2.77. The minimum absolute atomic E-state index is 0.849. The Bertz CT molecular complexity index is 296. The molecule has 0 N–H and O–H groups in total. The summed E-state index contributed by atoms with van der Waals surface area (Å²) in [5.74, 6) is 0. The lowest BCUT2D eigenvalue weighted by atomic mass is 10.4. The second-order valence-electron chi connectivity index (χ2n) is 3.58. The van der Waals surface area contributed by atoms with Crippen LogP contribution in [0.2, 0.25) is 0 Å². The normalized spacial score (nSPS) is 16.5. The summed E-state index contributed by atoms with van der Waals surface area (Å²) in [6.45, 7) is 2.27. The van der Waals surface area contributed by atoms with E-state index < -0.39 is 0 Å². The lowest BCUT2D eigenvalue weighted by molar-refractivity contribution is 0.274. The third-order valence-electron chi connectivity index (χ3n) is 2.47. The molecule has 0 saturated heterocycles. The molecule has 0 radical (unpaired) electrons. The summed E-state index contributed by atoms with van der Waals surface area (Å²) >= 11 is 8.95. The van der Waals surface area contributed by atoms with Crippen molar-refractivity contribution in [1.82, 2.24) is 4.90 Å². The van der Waals surface area contributed by atoms with Gasteiger partial charge in [-0.2, -0.15) is 0 Å². The maximum absolute atomic E-state index is 3.59. The Balaban J connectivity index is 1.96. The zero-order chi connectivity index (χ0) is 9.97. The summed E-state index contributed by atoms with van der Waals surface area (Å²) in [6, 6.07) is 2.99. The summed E-state index contributed by atoms with van der Waals surface area (Å²) in [4.78, 5) is 4.03. The Labute approximate surface area is 106 Å². The van der Waals surface area contributed by atoms with Crippen LogP contribution in [-0.4, -0.2) is 22.8 Å². The third kappa shape index (κ3) is 2.81. The van der Waals surface area contributed by atoms with Crippen molar-refractivity contribution >= 4 is 43.2 Å². The average Bonchev–Trinajstić information content (AvgIpc) is 2.93. The molecule has 1 aliphatic carbocycles. The Morgan fingerprint density at radius 2 is 2.29 bits per heavy atom. The maximum Gasteiger partial charge on any atom is 0.0342 e. The summed E-state index contributed by atoms with van der Waals surface area (Å²) < 4.78 is 1.27. The van der Waals surface area contributed by atoms with Crippen LogP contribution in [0.1, 0.15) is 17.7 Å². The Hall–Kier alpha value is 0.620. The van der Waals surface area contributed by atoms with Gasteiger partial charge in [0.2, 0.25) is 0 Å². The highest BCUT2D eigenvalue weighted by molar-refractivity contribution is 9.10. The topological polar surface area (TPSA) is 3.24 Å². The minimum Gasteiger partial charge on any atom is -0.294 e. The predicted molar refractivity (Wildman–Crippen MR) is 69.2 cm³/mol. The molecule has 0 bridgehead atoms. The van der Waals surface area contributed by atoms with E-state index in [0.717, 1.165) is 24.5 Å². The van der Waals surface area contributed by atoms with E-state index in [0.29, 0.717) is 0 Å². The number of hydrogen-bond acceptors (Lipinski definition) is 2. The van der Waals surface area contributed by atoms with E-state index in [-0.39, 0.29) is 0 Å². The standard InChI is InChI=1S/C10H13Br2NS/c11-4-5-13(8-1-2-8)7-10-9(12)3-6-14-10/h3,6,8H,1-2,4-5,7H2. The van der Waals surface area contributed by atoms with E-state index in [4.69, 9.17) is 0 Å². The molecule has 1 heterocycles. The lowest BCUT2D eigenvalue weighted by Gasteiger charge is -2.20. The largest absolute Gasteiger partial charge is 0.294 e. The molecule has 0 unspecified atom stereocenters. The van der Waals surface area contributed by atoms with Gasteiger partial charge in [0.1, 0.15) is 0 Å². The molecule has 78 valence electrons. The first-order chi connectivity index (χ1) is 6.81. The molecule has 4 heteroatoms. The Kier molecular flexibility index (Phi) is 4.05. The first-order valence-electron chi connectivity index (χ1n) is 4.83. The number of alkyl halides is 1. The van der Waals surface area contributed by atoms with Gasteiger partial charge < -0.3 is 0 Å². The van der Waals surface area contributed by atoms with Crippen molar-refractivity contribution in [2.75, 3.05) is 11.9 Å². The van der Waals surface area contributed by atoms with Gasteiger partial charge in [-0.25, -0.2) is 0 Å². The molecule has 0 amide bonds. The molecule has 1 nitrogen and oxygen atoms in total. The van der Waals surface area contributed by atoms with Gasteiger partial charge in [0.15, 0.2) is 0 Å². The van der Waals surface area contributed by atoms with E-state index >= 15 is 0 Å². The zero-order valence-electron chi connectivity index (χ0n) is 7.88. The highest BCUT2D eigenvalue weighted by atomic mass is 79.9. The summed E-state index contributed by atoms with van der Waals surface area (Å²) in [7, 11) is 0. The first kappa shape index (κ1) is 11.1. The number of hydrogen-bond donors (Lipinski definition) is 0. The van der Waals surface area contributed by atoms with Gasteiger partial charge in [0.25, 0.3) is 0 Å².